The molecule has 3 aliphatic heterocycles. The van der Waals surface area contributed by atoms with E-state index in [1.807, 2.05) is 19.1 Å². The number of sulfonamides is 1. The molecule has 0 spiro atoms. The first-order valence-electron chi connectivity index (χ1n) is 18.9. The van der Waals surface area contributed by atoms with Gasteiger partial charge in [0.05, 0.1) is 17.5 Å². The van der Waals surface area contributed by atoms with E-state index in [2.05, 4.69) is 69.7 Å². The summed E-state index contributed by atoms with van der Waals surface area (Å²) >= 11 is 0. The fourth-order valence-corrected chi connectivity index (χ4v) is 9.77. The number of nitrogens with zero attached hydrogens (tertiary/aromatic N) is 3. The summed E-state index contributed by atoms with van der Waals surface area (Å²) in [7, 11) is -3.88. The molecular formula is C40H58N4O4S. The van der Waals surface area contributed by atoms with Crippen molar-refractivity contribution in [1.82, 2.24) is 14.5 Å². The van der Waals surface area contributed by atoms with Gasteiger partial charge in [0.2, 0.25) is 10.0 Å². The van der Waals surface area contributed by atoms with Crippen molar-refractivity contribution in [2.45, 2.75) is 77.4 Å². The van der Waals surface area contributed by atoms with E-state index in [4.69, 9.17) is 4.74 Å². The molecule has 9 heteroatoms. The fourth-order valence-electron chi connectivity index (χ4n) is 8.49. The van der Waals surface area contributed by atoms with Gasteiger partial charge in [0.25, 0.3) is 5.91 Å². The number of aryl methyl sites for hydroxylation is 1. The first kappa shape index (κ1) is 35.9. The Kier molecular flexibility index (Phi) is 11.7. The average molecular weight is 691 g/mol. The monoisotopic (exact) mass is 690 g/mol. The Labute approximate surface area is 295 Å². The van der Waals surface area contributed by atoms with Crippen molar-refractivity contribution in [1.29, 1.82) is 0 Å². The van der Waals surface area contributed by atoms with Gasteiger partial charge in [-0.25, -0.2) is 13.1 Å². The molecule has 2 aromatic rings. The zero-order valence-electron chi connectivity index (χ0n) is 30.1. The fraction of sp³-hybridized carbons (Fsp3) is 0.625. The number of fused-ring (bicyclic) bond motifs is 2. The van der Waals surface area contributed by atoms with Crippen molar-refractivity contribution in [2.24, 2.45) is 23.7 Å². The molecule has 1 amide bonds. The molecule has 6 rings (SSSR count). The van der Waals surface area contributed by atoms with E-state index in [-0.39, 0.29) is 11.8 Å². The number of ether oxygens (including phenoxy) is 1. The number of nitrogens with one attached hydrogen (secondary N) is 1. The highest BCUT2D eigenvalue weighted by Crippen LogP contribution is 2.44. The van der Waals surface area contributed by atoms with Gasteiger partial charge in [0, 0.05) is 57.3 Å². The molecule has 0 radical (unpaired) electrons. The average Bonchev–Trinajstić information content (AvgIpc) is 3.26. The summed E-state index contributed by atoms with van der Waals surface area (Å²) in [6.45, 7) is 17.1. The number of anilines is 1. The summed E-state index contributed by atoms with van der Waals surface area (Å²) in [5.74, 6) is 1.71. The van der Waals surface area contributed by atoms with Crippen LogP contribution in [0.25, 0.3) is 0 Å². The molecule has 3 heterocycles. The molecule has 4 aliphatic rings. The molecule has 6 atom stereocenters. The van der Waals surface area contributed by atoms with Crippen molar-refractivity contribution >= 4 is 21.6 Å². The second kappa shape index (κ2) is 16.0. The van der Waals surface area contributed by atoms with Crippen LogP contribution in [0.4, 0.5) is 5.69 Å². The zero-order valence-corrected chi connectivity index (χ0v) is 31.0. The molecule has 1 N–H and O–H groups in total. The number of hydrogen-bond donors (Lipinski definition) is 1. The highest BCUT2D eigenvalue weighted by molar-refractivity contribution is 7.90. The Bertz CT molecular complexity index is 1570. The van der Waals surface area contributed by atoms with E-state index in [0.29, 0.717) is 36.3 Å². The molecule has 268 valence electrons. The summed E-state index contributed by atoms with van der Waals surface area (Å²) in [6.07, 6.45) is 11.0. The lowest BCUT2D eigenvalue weighted by Crippen LogP contribution is -2.50. The standard InChI is InChI=1S/C40H58N4O4S/c1-5-10-31-12-7-8-14-36(31)35-27-44-26-34-15-17-37(34)33(25-43-22-20-42(19-6-2)21-23-43)13-9-11-29(3)30(4)49(46,47)41-40(45)32-16-18-39(48-28-35)38(44)24-32/h7-9,12-14,16,18,24,29-30,33-35,37H,5-6,10-11,15,17,19-23,25-28H2,1-4H3,(H,41,45)/b13-9+. The van der Waals surface area contributed by atoms with Gasteiger partial charge in [0.1, 0.15) is 5.75 Å². The van der Waals surface area contributed by atoms with Crippen LogP contribution in [0.15, 0.2) is 54.6 Å². The number of amides is 1. The summed E-state index contributed by atoms with van der Waals surface area (Å²) < 4.78 is 35.8. The summed E-state index contributed by atoms with van der Waals surface area (Å²) in [5.41, 5.74) is 3.94. The second-order valence-electron chi connectivity index (χ2n) is 15.2. The predicted molar refractivity (Wildman–Crippen MR) is 199 cm³/mol. The number of benzene rings is 2. The van der Waals surface area contributed by atoms with Crippen LogP contribution in [-0.4, -0.2) is 88.3 Å². The maximum atomic E-state index is 13.5. The van der Waals surface area contributed by atoms with E-state index >= 15 is 0 Å². The second-order valence-corrected chi connectivity index (χ2v) is 17.2. The summed E-state index contributed by atoms with van der Waals surface area (Å²) in [4.78, 5) is 21.2. The lowest BCUT2D eigenvalue weighted by atomic mass is 9.66. The number of allylic oxidation sites excluding steroid dienone is 1. The molecule has 1 aliphatic carbocycles. The van der Waals surface area contributed by atoms with Crippen LogP contribution in [0.1, 0.15) is 87.2 Å². The number of carbonyl (C=O) groups is 1. The Balaban J connectivity index is 1.34. The third kappa shape index (κ3) is 8.37. The van der Waals surface area contributed by atoms with Gasteiger partial charge in [-0.3, -0.25) is 4.79 Å². The number of rotatable bonds is 7. The Morgan fingerprint density at radius 3 is 2.45 bits per heavy atom. The van der Waals surface area contributed by atoms with E-state index in [9.17, 15) is 13.2 Å². The van der Waals surface area contributed by atoms with E-state index in [0.717, 1.165) is 70.1 Å². The smallest absolute Gasteiger partial charge is 0.264 e. The Morgan fingerprint density at radius 2 is 1.71 bits per heavy atom. The molecule has 0 aromatic heterocycles. The minimum Gasteiger partial charge on any atom is -0.491 e. The van der Waals surface area contributed by atoms with Crippen LogP contribution in [0.3, 0.4) is 0 Å². The largest absolute Gasteiger partial charge is 0.491 e. The normalized spacial score (nSPS) is 30.3. The molecule has 2 aromatic carbocycles. The first-order chi connectivity index (χ1) is 23.7. The predicted octanol–water partition coefficient (Wildman–Crippen LogP) is 6.34. The number of piperazine rings is 1. The SMILES string of the molecule is CCCc1ccccc1C1COc2ccc3cc2N(C1)CC1CCC1C(CN1CCN(CCC)CC1)/C=C/CC(C)C(C)S(=O)(=O)NC3=O. The maximum absolute atomic E-state index is 13.5. The maximum Gasteiger partial charge on any atom is 0.264 e. The van der Waals surface area contributed by atoms with Crippen LogP contribution in [0.5, 0.6) is 5.75 Å². The molecule has 2 fully saturated rings. The lowest BCUT2D eigenvalue weighted by Gasteiger charge is -2.46. The third-order valence-corrected chi connectivity index (χ3v) is 13.7. The highest BCUT2D eigenvalue weighted by Gasteiger charge is 2.40. The van der Waals surface area contributed by atoms with Crippen LogP contribution in [-0.2, 0) is 16.4 Å². The van der Waals surface area contributed by atoms with Crippen molar-refractivity contribution < 1.29 is 17.9 Å². The number of hydrogen-bond acceptors (Lipinski definition) is 7. The van der Waals surface area contributed by atoms with Gasteiger partial charge in [-0.05, 0) is 98.6 Å². The van der Waals surface area contributed by atoms with Crippen molar-refractivity contribution in [3.05, 3.63) is 71.3 Å². The van der Waals surface area contributed by atoms with Gasteiger partial charge in [-0.2, -0.15) is 0 Å². The first-order valence-corrected chi connectivity index (χ1v) is 20.5. The van der Waals surface area contributed by atoms with Gasteiger partial charge in [0.15, 0.2) is 0 Å². The van der Waals surface area contributed by atoms with Gasteiger partial charge >= 0.3 is 0 Å². The Hall–Kier alpha value is -2.88. The van der Waals surface area contributed by atoms with Gasteiger partial charge < -0.3 is 19.4 Å². The van der Waals surface area contributed by atoms with Crippen molar-refractivity contribution in [3.8, 4) is 5.75 Å². The lowest BCUT2D eigenvalue weighted by molar-refractivity contribution is 0.0742. The van der Waals surface area contributed by atoms with Crippen LogP contribution >= 0.6 is 0 Å². The van der Waals surface area contributed by atoms with E-state index in [1.54, 1.807) is 13.0 Å². The molecule has 1 saturated heterocycles. The molecule has 49 heavy (non-hydrogen) atoms. The minimum absolute atomic E-state index is 0.131. The number of carbonyl (C=O) groups excluding carboxylic acids is 1. The van der Waals surface area contributed by atoms with Gasteiger partial charge in [-0.1, -0.05) is 63.6 Å². The van der Waals surface area contributed by atoms with Gasteiger partial charge in [-0.15, -0.1) is 0 Å². The molecule has 8 nitrogen and oxygen atoms in total. The highest BCUT2D eigenvalue weighted by atomic mass is 32.2. The molecule has 2 bridgehead atoms. The summed E-state index contributed by atoms with van der Waals surface area (Å²) in [5, 5.41) is -0.708. The topological polar surface area (TPSA) is 82.2 Å². The Morgan fingerprint density at radius 1 is 0.939 bits per heavy atom. The van der Waals surface area contributed by atoms with Crippen molar-refractivity contribution in [2.75, 3.05) is 63.9 Å². The minimum atomic E-state index is -3.88. The van der Waals surface area contributed by atoms with Crippen molar-refractivity contribution in [3.63, 3.8) is 0 Å². The zero-order chi connectivity index (χ0) is 34.5. The molecular weight excluding hydrogens is 633 g/mol. The third-order valence-electron chi connectivity index (χ3n) is 11.8. The van der Waals surface area contributed by atoms with Crippen LogP contribution in [0, 0.1) is 23.7 Å². The van der Waals surface area contributed by atoms with E-state index in [1.165, 1.54) is 36.9 Å². The molecule has 1 saturated carbocycles. The van der Waals surface area contributed by atoms with Crippen LogP contribution < -0.4 is 14.4 Å². The van der Waals surface area contributed by atoms with Crippen LogP contribution in [0.2, 0.25) is 0 Å². The summed E-state index contributed by atoms with van der Waals surface area (Å²) in [6, 6.07) is 14.2. The quantitative estimate of drug-likeness (QED) is 0.340. The van der Waals surface area contributed by atoms with E-state index < -0.39 is 21.2 Å². The molecule has 6 unspecified atom stereocenters.